The summed E-state index contributed by atoms with van der Waals surface area (Å²) in [7, 11) is 0. The van der Waals surface area contributed by atoms with Crippen molar-refractivity contribution in [2.45, 2.75) is 32.7 Å². The zero-order valence-corrected chi connectivity index (χ0v) is 10.8. The molecule has 5 nitrogen and oxygen atoms in total. The van der Waals surface area contributed by atoms with Gasteiger partial charge in [0.25, 0.3) is 5.91 Å². The highest BCUT2D eigenvalue weighted by Gasteiger charge is 2.28. The minimum absolute atomic E-state index is 0.222. The van der Waals surface area contributed by atoms with Gasteiger partial charge in [-0.15, -0.1) is 0 Å². The number of nitrogens with two attached hydrogens (primary N) is 1. The van der Waals surface area contributed by atoms with Crippen LogP contribution in [-0.2, 0) is 14.3 Å². The lowest BCUT2D eigenvalue weighted by atomic mass is 9.90. The molecule has 0 saturated heterocycles. The SMILES string of the molecule is CC(C)CC(C)(CN)NC(=O)C1=COCCO1. The predicted molar refractivity (Wildman–Crippen MR) is 65.0 cm³/mol. The molecule has 0 radical (unpaired) electrons. The lowest BCUT2D eigenvalue weighted by Crippen LogP contribution is -2.52. The molecule has 0 aliphatic carbocycles. The second-order valence-corrected chi connectivity index (χ2v) is 5.02. The number of carbonyl (C=O) groups excluding carboxylic acids is 1. The molecule has 0 saturated carbocycles. The Kier molecular flexibility index (Phi) is 4.81. The van der Waals surface area contributed by atoms with Crippen LogP contribution in [0.15, 0.2) is 12.0 Å². The van der Waals surface area contributed by atoms with Crippen molar-refractivity contribution < 1.29 is 14.3 Å². The van der Waals surface area contributed by atoms with E-state index in [2.05, 4.69) is 19.2 Å². The summed E-state index contributed by atoms with van der Waals surface area (Å²) in [4.78, 5) is 11.9. The number of carbonyl (C=O) groups is 1. The Bertz CT molecular complexity index is 302. The van der Waals surface area contributed by atoms with Crippen molar-refractivity contribution in [2.75, 3.05) is 19.8 Å². The number of hydrogen-bond donors (Lipinski definition) is 2. The first-order valence-corrected chi connectivity index (χ1v) is 5.94. The van der Waals surface area contributed by atoms with Crippen LogP contribution in [0.4, 0.5) is 0 Å². The van der Waals surface area contributed by atoms with E-state index in [1.165, 1.54) is 6.26 Å². The van der Waals surface area contributed by atoms with Gasteiger partial charge in [-0.2, -0.15) is 0 Å². The Labute approximate surface area is 102 Å². The minimum atomic E-state index is -0.410. The maximum atomic E-state index is 11.9. The van der Waals surface area contributed by atoms with Crippen LogP contribution in [0, 0.1) is 5.92 Å². The number of nitrogens with one attached hydrogen (secondary N) is 1. The molecule has 1 aliphatic heterocycles. The van der Waals surface area contributed by atoms with Gasteiger partial charge >= 0.3 is 0 Å². The normalized spacial score (nSPS) is 18.8. The molecule has 0 spiro atoms. The van der Waals surface area contributed by atoms with Crippen molar-refractivity contribution in [1.82, 2.24) is 5.32 Å². The first-order valence-electron chi connectivity index (χ1n) is 5.94. The fraction of sp³-hybridized carbons (Fsp3) is 0.750. The number of amides is 1. The van der Waals surface area contributed by atoms with Crippen LogP contribution in [-0.4, -0.2) is 31.2 Å². The lowest BCUT2D eigenvalue weighted by Gasteiger charge is -2.31. The van der Waals surface area contributed by atoms with Gasteiger partial charge in [0.1, 0.15) is 19.5 Å². The fourth-order valence-electron chi connectivity index (χ4n) is 1.91. The Hall–Kier alpha value is -1.23. The molecule has 0 fully saturated rings. The molecule has 98 valence electrons. The third-order valence-electron chi connectivity index (χ3n) is 2.60. The molecule has 1 amide bonds. The summed E-state index contributed by atoms with van der Waals surface area (Å²) in [5, 5.41) is 2.91. The van der Waals surface area contributed by atoms with Gasteiger partial charge in [0.15, 0.2) is 0 Å². The molecule has 3 N–H and O–H groups in total. The van der Waals surface area contributed by atoms with Crippen LogP contribution < -0.4 is 11.1 Å². The smallest absolute Gasteiger partial charge is 0.290 e. The summed E-state index contributed by atoms with van der Waals surface area (Å²) >= 11 is 0. The largest absolute Gasteiger partial charge is 0.494 e. The zero-order chi connectivity index (χ0) is 12.9. The molecule has 0 aromatic rings. The highest BCUT2D eigenvalue weighted by atomic mass is 16.6. The summed E-state index contributed by atoms with van der Waals surface area (Å²) in [6.45, 7) is 7.42. The fourth-order valence-corrected chi connectivity index (χ4v) is 1.91. The van der Waals surface area contributed by atoms with E-state index in [-0.39, 0.29) is 11.7 Å². The van der Waals surface area contributed by atoms with Crippen LogP contribution in [0.3, 0.4) is 0 Å². The first-order chi connectivity index (χ1) is 7.97. The molecule has 1 rings (SSSR count). The maximum Gasteiger partial charge on any atom is 0.290 e. The van der Waals surface area contributed by atoms with Gasteiger partial charge in [0, 0.05) is 6.54 Å². The van der Waals surface area contributed by atoms with E-state index in [9.17, 15) is 4.79 Å². The van der Waals surface area contributed by atoms with E-state index >= 15 is 0 Å². The van der Waals surface area contributed by atoms with Crippen LogP contribution in [0.2, 0.25) is 0 Å². The molecule has 0 aromatic heterocycles. The lowest BCUT2D eigenvalue weighted by molar-refractivity contribution is -0.124. The third-order valence-corrected chi connectivity index (χ3v) is 2.60. The predicted octanol–water partition coefficient (Wildman–Crippen LogP) is 0.754. The monoisotopic (exact) mass is 242 g/mol. The Balaban J connectivity index is 2.61. The van der Waals surface area contributed by atoms with E-state index < -0.39 is 5.54 Å². The van der Waals surface area contributed by atoms with Crippen molar-refractivity contribution in [2.24, 2.45) is 11.7 Å². The highest BCUT2D eigenvalue weighted by Crippen LogP contribution is 2.16. The third kappa shape index (κ3) is 4.26. The molecular weight excluding hydrogens is 220 g/mol. The quantitative estimate of drug-likeness (QED) is 0.746. The molecule has 5 heteroatoms. The van der Waals surface area contributed by atoms with Crippen LogP contribution >= 0.6 is 0 Å². The molecule has 1 aliphatic rings. The molecule has 1 unspecified atom stereocenters. The van der Waals surface area contributed by atoms with E-state index in [0.717, 1.165) is 6.42 Å². The van der Waals surface area contributed by atoms with E-state index in [4.69, 9.17) is 15.2 Å². The van der Waals surface area contributed by atoms with Crippen molar-refractivity contribution >= 4 is 5.91 Å². The average Bonchev–Trinajstić information content (AvgIpc) is 2.29. The number of ether oxygens (including phenoxy) is 2. The van der Waals surface area contributed by atoms with Crippen molar-refractivity contribution in [1.29, 1.82) is 0 Å². The molecule has 1 atom stereocenters. The summed E-state index contributed by atoms with van der Waals surface area (Å²) in [6, 6.07) is 0. The van der Waals surface area contributed by atoms with Crippen LogP contribution in [0.25, 0.3) is 0 Å². The minimum Gasteiger partial charge on any atom is -0.494 e. The summed E-state index contributed by atoms with van der Waals surface area (Å²) in [5.74, 6) is 0.416. The second-order valence-electron chi connectivity index (χ2n) is 5.02. The van der Waals surface area contributed by atoms with Gasteiger partial charge in [-0.25, -0.2) is 0 Å². The zero-order valence-electron chi connectivity index (χ0n) is 10.8. The first kappa shape index (κ1) is 13.8. The average molecular weight is 242 g/mol. The maximum absolute atomic E-state index is 11.9. The van der Waals surface area contributed by atoms with Gasteiger partial charge < -0.3 is 20.5 Å². The van der Waals surface area contributed by atoms with Gasteiger partial charge in [-0.1, -0.05) is 13.8 Å². The summed E-state index contributed by atoms with van der Waals surface area (Å²) in [6.07, 6.45) is 2.18. The molecular formula is C12H22N2O3. The van der Waals surface area contributed by atoms with E-state index in [0.29, 0.717) is 25.7 Å². The Morgan fingerprint density at radius 3 is 2.76 bits per heavy atom. The van der Waals surface area contributed by atoms with E-state index in [1.807, 2.05) is 6.92 Å². The second kappa shape index (κ2) is 5.91. The molecule has 0 bridgehead atoms. The van der Waals surface area contributed by atoms with Gasteiger partial charge in [0.05, 0.1) is 5.54 Å². The van der Waals surface area contributed by atoms with Crippen LogP contribution in [0.1, 0.15) is 27.2 Å². The van der Waals surface area contributed by atoms with Crippen molar-refractivity contribution in [3.63, 3.8) is 0 Å². The Morgan fingerprint density at radius 1 is 1.59 bits per heavy atom. The molecule has 0 aromatic carbocycles. The standard InChI is InChI=1S/C12H22N2O3/c1-9(2)6-12(3,8-13)14-11(15)10-7-16-4-5-17-10/h7,9H,4-6,8,13H2,1-3H3,(H,14,15). The van der Waals surface area contributed by atoms with Gasteiger partial charge in [-0.3, -0.25) is 4.79 Å². The van der Waals surface area contributed by atoms with Crippen LogP contribution in [0.5, 0.6) is 0 Å². The van der Waals surface area contributed by atoms with Gasteiger partial charge in [0.2, 0.25) is 5.76 Å². The molecule has 1 heterocycles. The number of hydrogen-bond acceptors (Lipinski definition) is 4. The topological polar surface area (TPSA) is 73.6 Å². The highest BCUT2D eigenvalue weighted by molar-refractivity contribution is 5.91. The Morgan fingerprint density at radius 2 is 2.29 bits per heavy atom. The number of rotatable bonds is 5. The van der Waals surface area contributed by atoms with Crippen molar-refractivity contribution in [3.8, 4) is 0 Å². The van der Waals surface area contributed by atoms with Crippen molar-refractivity contribution in [3.05, 3.63) is 12.0 Å². The van der Waals surface area contributed by atoms with Gasteiger partial charge in [-0.05, 0) is 19.3 Å². The van der Waals surface area contributed by atoms with E-state index in [1.54, 1.807) is 0 Å². The summed E-state index contributed by atoms with van der Waals surface area (Å²) < 4.78 is 10.3. The summed E-state index contributed by atoms with van der Waals surface area (Å²) in [5.41, 5.74) is 5.32. The molecule has 17 heavy (non-hydrogen) atoms.